The number of benzene rings is 1. The van der Waals surface area contributed by atoms with Crippen LogP contribution in [0.1, 0.15) is 36.5 Å². The van der Waals surface area contributed by atoms with Crippen LogP contribution in [0.5, 0.6) is 0 Å². The predicted octanol–water partition coefficient (Wildman–Crippen LogP) is 1.27. The van der Waals surface area contributed by atoms with Crippen LogP contribution in [0.2, 0.25) is 0 Å². The molecule has 0 aromatic heterocycles. The van der Waals surface area contributed by atoms with E-state index in [-0.39, 0.29) is 37.4 Å². The number of rotatable bonds is 7. The van der Waals surface area contributed by atoms with Crippen LogP contribution in [-0.2, 0) is 14.3 Å². The molecule has 0 spiro atoms. The average Bonchev–Trinajstić information content (AvgIpc) is 2.63. The van der Waals surface area contributed by atoms with Crippen LogP contribution in [0, 0.1) is 10.1 Å². The monoisotopic (exact) mass is 363 g/mol. The van der Waals surface area contributed by atoms with Crippen molar-refractivity contribution in [1.82, 2.24) is 10.2 Å². The number of nitro groups is 1. The zero-order valence-electron chi connectivity index (χ0n) is 14.5. The Kier molecular flexibility index (Phi) is 6.65. The lowest BCUT2D eigenvalue weighted by Gasteiger charge is -2.34. The molecule has 1 fully saturated rings. The van der Waals surface area contributed by atoms with E-state index in [1.807, 2.05) is 6.92 Å². The number of hydrogen-bond donors (Lipinski definition) is 1. The van der Waals surface area contributed by atoms with Gasteiger partial charge in [-0.05, 0) is 12.5 Å². The molecular formula is C17H21N3O6. The molecule has 2 amide bonds. The van der Waals surface area contributed by atoms with Crippen LogP contribution < -0.4 is 5.32 Å². The standard InChI is InChI=1S/C17H21N3O6/c1-2-3-9-26-15(21)11-14-16(22)18-7-8-19(14)17(23)12-5-4-6-13(10-12)20(24)25/h4-6,10,14H,2-3,7-9,11H2,1H3,(H,18,22)/t14-/m1/s1. The molecule has 1 aliphatic rings. The van der Waals surface area contributed by atoms with Gasteiger partial charge in [0.15, 0.2) is 0 Å². The van der Waals surface area contributed by atoms with Gasteiger partial charge in [-0.15, -0.1) is 0 Å². The Bertz CT molecular complexity index is 705. The summed E-state index contributed by atoms with van der Waals surface area (Å²) in [5, 5.41) is 13.5. The van der Waals surface area contributed by atoms with Crippen molar-refractivity contribution >= 4 is 23.5 Å². The van der Waals surface area contributed by atoms with E-state index in [1.165, 1.54) is 23.1 Å². The maximum atomic E-state index is 12.7. The van der Waals surface area contributed by atoms with Gasteiger partial charge in [-0.2, -0.15) is 0 Å². The molecule has 2 rings (SSSR count). The van der Waals surface area contributed by atoms with E-state index in [4.69, 9.17) is 4.74 Å². The van der Waals surface area contributed by atoms with Gasteiger partial charge in [0.2, 0.25) is 5.91 Å². The summed E-state index contributed by atoms with van der Waals surface area (Å²) < 4.78 is 5.07. The number of hydrogen-bond acceptors (Lipinski definition) is 6. The quantitative estimate of drug-likeness (QED) is 0.337. The first-order valence-corrected chi connectivity index (χ1v) is 8.42. The van der Waals surface area contributed by atoms with Gasteiger partial charge in [-0.25, -0.2) is 0 Å². The molecule has 9 nitrogen and oxygen atoms in total. The second-order valence-corrected chi connectivity index (χ2v) is 5.89. The summed E-state index contributed by atoms with van der Waals surface area (Å²) in [4.78, 5) is 48.4. The van der Waals surface area contributed by atoms with E-state index >= 15 is 0 Å². The number of non-ortho nitro benzene ring substituents is 1. The van der Waals surface area contributed by atoms with E-state index in [0.717, 1.165) is 18.9 Å². The van der Waals surface area contributed by atoms with Crippen molar-refractivity contribution in [3.8, 4) is 0 Å². The van der Waals surface area contributed by atoms with Gasteiger partial charge < -0.3 is 15.0 Å². The molecule has 1 saturated heterocycles. The number of carbonyl (C=O) groups is 3. The maximum Gasteiger partial charge on any atom is 0.308 e. The van der Waals surface area contributed by atoms with Crippen molar-refractivity contribution in [3.05, 3.63) is 39.9 Å². The molecule has 0 aliphatic carbocycles. The van der Waals surface area contributed by atoms with E-state index in [1.54, 1.807) is 0 Å². The molecule has 0 radical (unpaired) electrons. The lowest BCUT2D eigenvalue weighted by Crippen LogP contribution is -2.57. The second kappa shape index (κ2) is 8.93. The maximum absolute atomic E-state index is 12.7. The van der Waals surface area contributed by atoms with Crippen molar-refractivity contribution in [3.63, 3.8) is 0 Å². The van der Waals surface area contributed by atoms with Crippen LogP contribution >= 0.6 is 0 Å². The van der Waals surface area contributed by atoms with Gasteiger partial charge in [0.05, 0.1) is 18.0 Å². The van der Waals surface area contributed by atoms with Crippen molar-refractivity contribution in [2.45, 2.75) is 32.2 Å². The molecule has 1 aliphatic heterocycles. The van der Waals surface area contributed by atoms with Crippen molar-refractivity contribution in [2.75, 3.05) is 19.7 Å². The van der Waals surface area contributed by atoms with Gasteiger partial charge in [0, 0.05) is 30.8 Å². The molecule has 1 atom stereocenters. The topological polar surface area (TPSA) is 119 Å². The second-order valence-electron chi connectivity index (χ2n) is 5.89. The third-order valence-electron chi connectivity index (χ3n) is 4.02. The highest BCUT2D eigenvalue weighted by atomic mass is 16.6. The summed E-state index contributed by atoms with van der Waals surface area (Å²) in [5.41, 5.74) is -0.119. The highest BCUT2D eigenvalue weighted by Gasteiger charge is 2.35. The van der Waals surface area contributed by atoms with Crippen molar-refractivity contribution < 1.29 is 24.0 Å². The number of nitrogens with one attached hydrogen (secondary N) is 1. The molecule has 0 bridgehead atoms. The number of piperazine rings is 1. The Morgan fingerprint density at radius 1 is 1.42 bits per heavy atom. The molecule has 26 heavy (non-hydrogen) atoms. The molecule has 0 saturated carbocycles. The Morgan fingerprint density at radius 2 is 2.19 bits per heavy atom. The molecular weight excluding hydrogens is 342 g/mol. The first kappa shape index (κ1) is 19.4. The zero-order valence-corrected chi connectivity index (χ0v) is 14.5. The fourth-order valence-corrected chi connectivity index (χ4v) is 2.63. The molecule has 1 aromatic rings. The van der Waals surface area contributed by atoms with Gasteiger partial charge >= 0.3 is 5.97 Å². The first-order valence-electron chi connectivity index (χ1n) is 8.42. The van der Waals surface area contributed by atoms with Crippen molar-refractivity contribution in [2.24, 2.45) is 0 Å². The predicted molar refractivity (Wildman–Crippen MR) is 91.4 cm³/mol. The minimum absolute atomic E-state index is 0.0956. The average molecular weight is 363 g/mol. The number of nitro benzene ring substituents is 1. The molecule has 0 unspecified atom stereocenters. The van der Waals surface area contributed by atoms with Crippen LogP contribution in [0.3, 0.4) is 0 Å². The van der Waals surface area contributed by atoms with Gasteiger partial charge in [0.25, 0.3) is 11.6 Å². The fourth-order valence-electron chi connectivity index (χ4n) is 2.63. The van der Waals surface area contributed by atoms with E-state index in [0.29, 0.717) is 0 Å². The Balaban J connectivity index is 2.14. The molecule has 1 heterocycles. The van der Waals surface area contributed by atoms with Crippen LogP contribution in [0.25, 0.3) is 0 Å². The third kappa shape index (κ3) is 4.78. The third-order valence-corrected chi connectivity index (χ3v) is 4.02. The Labute approximate surface area is 150 Å². The highest BCUT2D eigenvalue weighted by Crippen LogP contribution is 2.18. The normalized spacial score (nSPS) is 16.7. The summed E-state index contributed by atoms with van der Waals surface area (Å²) in [5.74, 6) is -1.53. The number of amides is 2. The van der Waals surface area contributed by atoms with Crippen LogP contribution in [0.4, 0.5) is 5.69 Å². The first-order chi connectivity index (χ1) is 12.4. The number of nitrogens with zero attached hydrogens (tertiary/aromatic N) is 2. The number of carbonyl (C=O) groups excluding carboxylic acids is 3. The minimum atomic E-state index is -0.996. The lowest BCUT2D eigenvalue weighted by atomic mass is 10.1. The summed E-state index contributed by atoms with van der Waals surface area (Å²) in [7, 11) is 0. The van der Waals surface area contributed by atoms with Gasteiger partial charge in [0.1, 0.15) is 6.04 Å². The minimum Gasteiger partial charge on any atom is -0.466 e. The molecule has 1 aromatic carbocycles. The van der Waals surface area contributed by atoms with Crippen LogP contribution in [-0.4, -0.2) is 53.3 Å². The van der Waals surface area contributed by atoms with E-state index < -0.39 is 28.7 Å². The van der Waals surface area contributed by atoms with E-state index in [2.05, 4.69) is 5.32 Å². The number of esters is 1. The number of ether oxygens (including phenoxy) is 1. The fraction of sp³-hybridized carbons (Fsp3) is 0.471. The highest BCUT2D eigenvalue weighted by molar-refractivity contribution is 5.99. The lowest BCUT2D eigenvalue weighted by molar-refractivity contribution is -0.384. The Hall–Kier alpha value is -2.97. The summed E-state index contributed by atoms with van der Waals surface area (Å²) in [6.07, 6.45) is 1.34. The molecule has 140 valence electrons. The Morgan fingerprint density at radius 3 is 2.88 bits per heavy atom. The van der Waals surface area contributed by atoms with Gasteiger partial charge in [-0.3, -0.25) is 24.5 Å². The largest absolute Gasteiger partial charge is 0.466 e. The number of unbranched alkanes of at least 4 members (excludes halogenated alkanes) is 1. The van der Waals surface area contributed by atoms with Crippen LogP contribution in [0.15, 0.2) is 24.3 Å². The smallest absolute Gasteiger partial charge is 0.308 e. The summed E-state index contributed by atoms with van der Waals surface area (Å²) >= 11 is 0. The summed E-state index contributed by atoms with van der Waals surface area (Å²) in [6.45, 7) is 2.69. The van der Waals surface area contributed by atoms with E-state index in [9.17, 15) is 24.5 Å². The molecule has 9 heteroatoms. The SMILES string of the molecule is CCCCOC(=O)C[C@@H]1C(=O)NCCN1C(=O)c1cccc([N+](=O)[O-])c1. The molecule has 1 N–H and O–H groups in total. The zero-order chi connectivity index (χ0) is 19.1. The van der Waals surface area contributed by atoms with Gasteiger partial charge in [-0.1, -0.05) is 19.4 Å². The summed E-state index contributed by atoms with van der Waals surface area (Å²) in [6, 6.07) is 4.29. The van der Waals surface area contributed by atoms with Crippen molar-refractivity contribution in [1.29, 1.82) is 0 Å².